The average molecular weight is 256 g/mol. The summed E-state index contributed by atoms with van der Waals surface area (Å²) in [6.45, 7) is 16.3. The van der Waals surface area contributed by atoms with Crippen molar-refractivity contribution in [3.05, 3.63) is 12.2 Å². The molecule has 0 aromatic carbocycles. The van der Waals surface area contributed by atoms with Crippen molar-refractivity contribution < 1.29 is 9.47 Å². The van der Waals surface area contributed by atoms with Gasteiger partial charge in [0.1, 0.15) is 0 Å². The van der Waals surface area contributed by atoms with Crippen molar-refractivity contribution in [2.75, 3.05) is 26.4 Å². The quantitative estimate of drug-likeness (QED) is 0.472. The van der Waals surface area contributed by atoms with Crippen molar-refractivity contribution in [1.82, 2.24) is 0 Å². The van der Waals surface area contributed by atoms with Crippen LogP contribution in [0, 0.1) is 10.8 Å². The Balaban J connectivity index is 3.29. The second kappa shape index (κ2) is 8.71. The standard InChI is InChI=1S/C16H32O2/c1-15(2,3)10-9-13-17-11-7-8-12-18-14-16(4,5)6/h7-8H,9-14H2,1-6H3/b8-7-. The third-order valence-electron chi connectivity index (χ3n) is 2.35. The molecule has 18 heavy (non-hydrogen) atoms. The fraction of sp³-hybridized carbons (Fsp3) is 0.875. The lowest BCUT2D eigenvalue weighted by atomic mass is 9.91. The maximum absolute atomic E-state index is 5.53. The summed E-state index contributed by atoms with van der Waals surface area (Å²) in [7, 11) is 0. The first kappa shape index (κ1) is 17.7. The molecule has 2 nitrogen and oxygen atoms in total. The molecule has 0 rings (SSSR count). The summed E-state index contributed by atoms with van der Waals surface area (Å²) in [6.07, 6.45) is 6.43. The molecule has 0 aliphatic carbocycles. The smallest absolute Gasteiger partial charge is 0.0648 e. The van der Waals surface area contributed by atoms with Gasteiger partial charge in [0.25, 0.3) is 0 Å². The molecule has 0 fully saturated rings. The fourth-order valence-corrected chi connectivity index (χ4v) is 1.43. The van der Waals surface area contributed by atoms with Crippen LogP contribution in [-0.4, -0.2) is 26.4 Å². The van der Waals surface area contributed by atoms with Gasteiger partial charge in [0, 0.05) is 6.61 Å². The molecule has 0 saturated heterocycles. The highest BCUT2D eigenvalue weighted by Crippen LogP contribution is 2.20. The molecule has 0 aliphatic rings. The molecule has 0 aromatic heterocycles. The second-order valence-electron chi connectivity index (χ2n) is 7.29. The summed E-state index contributed by atoms with van der Waals surface area (Å²) in [5.74, 6) is 0. The van der Waals surface area contributed by atoms with Crippen LogP contribution in [0.5, 0.6) is 0 Å². The molecule has 0 aromatic rings. The van der Waals surface area contributed by atoms with Gasteiger partial charge in [-0.05, 0) is 23.7 Å². The Morgan fingerprint density at radius 1 is 0.778 bits per heavy atom. The minimum atomic E-state index is 0.247. The van der Waals surface area contributed by atoms with Crippen molar-refractivity contribution in [2.45, 2.75) is 54.4 Å². The number of ether oxygens (including phenoxy) is 2. The molecule has 0 bridgehead atoms. The Labute approximate surface area is 114 Å². The van der Waals surface area contributed by atoms with E-state index in [0.717, 1.165) is 19.6 Å². The molecule has 0 spiro atoms. The molecule has 0 amide bonds. The molecule has 2 heteroatoms. The first-order valence-corrected chi connectivity index (χ1v) is 7.01. The van der Waals surface area contributed by atoms with E-state index < -0.39 is 0 Å². The van der Waals surface area contributed by atoms with Gasteiger partial charge in [-0.2, -0.15) is 0 Å². The first-order valence-electron chi connectivity index (χ1n) is 7.01. The van der Waals surface area contributed by atoms with E-state index in [-0.39, 0.29) is 5.41 Å². The zero-order valence-electron chi connectivity index (χ0n) is 13.2. The first-order chi connectivity index (χ1) is 8.21. The van der Waals surface area contributed by atoms with Crippen LogP contribution >= 0.6 is 0 Å². The fourth-order valence-electron chi connectivity index (χ4n) is 1.43. The Kier molecular flexibility index (Phi) is 8.54. The van der Waals surface area contributed by atoms with Crippen LogP contribution in [0.25, 0.3) is 0 Å². The van der Waals surface area contributed by atoms with Gasteiger partial charge in [0.05, 0.1) is 19.8 Å². The summed E-state index contributed by atoms with van der Waals surface area (Å²) in [5, 5.41) is 0. The maximum Gasteiger partial charge on any atom is 0.0648 e. The van der Waals surface area contributed by atoms with Gasteiger partial charge in [-0.15, -0.1) is 0 Å². The van der Waals surface area contributed by atoms with Crippen LogP contribution in [-0.2, 0) is 9.47 Å². The van der Waals surface area contributed by atoms with Crippen LogP contribution in [0.4, 0.5) is 0 Å². The van der Waals surface area contributed by atoms with E-state index in [1.807, 2.05) is 12.2 Å². The molecule has 0 heterocycles. The molecule has 108 valence electrons. The molecular formula is C16H32O2. The Morgan fingerprint density at radius 2 is 1.33 bits per heavy atom. The predicted molar refractivity (Wildman–Crippen MR) is 78.9 cm³/mol. The third kappa shape index (κ3) is 15.7. The highest BCUT2D eigenvalue weighted by molar-refractivity contribution is 4.81. The largest absolute Gasteiger partial charge is 0.377 e. The van der Waals surface area contributed by atoms with E-state index in [9.17, 15) is 0 Å². The van der Waals surface area contributed by atoms with Gasteiger partial charge in [0.15, 0.2) is 0 Å². The van der Waals surface area contributed by atoms with Crippen LogP contribution in [0.3, 0.4) is 0 Å². The zero-order valence-corrected chi connectivity index (χ0v) is 13.2. The van der Waals surface area contributed by atoms with Gasteiger partial charge in [-0.1, -0.05) is 53.7 Å². The number of hydrogen-bond donors (Lipinski definition) is 0. The van der Waals surface area contributed by atoms with Gasteiger partial charge in [0.2, 0.25) is 0 Å². The lowest BCUT2D eigenvalue weighted by molar-refractivity contribution is 0.0902. The van der Waals surface area contributed by atoms with Crippen molar-refractivity contribution in [3.63, 3.8) is 0 Å². The van der Waals surface area contributed by atoms with Crippen molar-refractivity contribution in [3.8, 4) is 0 Å². The van der Waals surface area contributed by atoms with Gasteiger partial charge in [-0.3, -0.25) is 0 Å². The minimum absolute atomic E-state index is 0.247. The van der Waals surface area contributed by atoms with Crippen LogP contribution < -0.4 is 0 Å². The SMILES string of the molecule is CC(C)(C)CCCOC/C=C\COCC(C)(C)C. The summed E-state index contributed by atoms with van der Waals surface area (Å²) in [6, 6.07) is 0. The highest BCUT2D eigenvalue weighted by atomic mass is 16.5. The summed E-state index contributed by atoms with van der Waals surface area (Å²) in [4.78, 5) is 0. The Morgan fingerprint density at radius 3 is 1.83 bits per heavy atom. The average Bonchev–Trinajstić information content (AvgIpc) is 2.17. The third-order valence-corrected chi connectivity index (χ3v) is 2.35. The molecule has 0 radical (unpaired) electrons. The van der Waals surface area contributed by atoms with E-state index in [1.54, 1.807) is 0 Å². The highest BCUT2D eigenvalue weighted by Gasteiger charge is 2.09. The van der Waals surface area contributed by atoms with E-state index in [4.69, 9.17) is 9.47 Å². The molecule has 0 saturated carbocycles. The van der Waals surface area contributed by atoms with Crippen LogP contribution in [0.2, 0.25) is 0 Å². The Bertz CT molecular complexity index is 218. The summed E-state index contributed by atoms with van der Waals surface area (Å²) in [5.41, 5.74) is 0.664. The normalized spacial score (nSPS) is 13.4. The lowest BCUT2D eigenvalue weighted by Gasteiger charge is -2.17. The monoisotopic (exact) mass is 256 g/mol. The number of rotatable bonds is 8. The summed E-state index contributed by atoms with van der Waals surface area (Å²) < 4.78 is 11.1. The summed E-state index contributed by atoms with van der Waals surface area (Å²) >= 11 is 0. The zero-order chi connectivity index (χ0) is 14.1. The molecule has 0 aliphatic heterocycles. The van der Waals surface area contributed by atoms with E-state index in [1.165, 1.54) is 6.42 Å². The lowest BCUT2D eigenvalue weighted by Crippen LogP contribution is -2.14. The van der Waals surface area contributed by atoms with Crippen molar-refractivity contribution in [2.24, 2.45) is 10.8 Å². The molecular weight excluding hydrogens is 224 g/mol. The van der Waals surface area contributed by atoms with E-state index in [0.29, 0.717) is 18.6 Å². The number of hydrogen-bond acceptors (Lipinski definition) is 2. The van der Waals surface area contributed by atoms with E-state index >= 15 is 0 Å². The Hall–Kier alpha value is -0.340. The van der Waals surface area contributed by atoms with Crippen LogP contribution in [0.1, 0.15) is 54.4 Å². The van der Waals surface area contributed by atoms with Gasteiger partial charge >= 0.3 is 0 Å². The van der Waals surface area contributed by atoms with Crippen molar-refractivity contribution in [1.29, 1.82) is 0 Å². The molecule has 0 atom stereocenters. The van der Waals surface area contributed by atoms with Gasteiger partial charge in [-0.25, -0.2) is 0 Å². The molecule has 0 unspecified atom stereocenters. The van der Waals surface area contributed by atoms with Crippen LogP contribution in [0.15, 0.2) is 12.2 Å². The van der Waals surface area contributed by atoms with Crippen molar-refractivity contribution >= 4 is 0 Å². The maximum atomic E-state index is 5.53. The minimum Gasteiger partial charge on any atom is -0.377 e. The predicted octanol–water partition coefficient (Wildman–Crippen LogP) is 4.45. The molecule has 0 N–H and O–H groups in total. The van der Waals surface area contributed by atoms with E-state index in [2.05, 4.69) is 41.5 Å². The topological polar surface area (TPSA) is 18.5 Å². The second-order valence-corrected chi connectivity index (χ2v) is 7.29. The van der Waals surface area contributed by atoms with Gasteiger partial charge < -0.3 is 9.47 Å².